The van der Waals surface area contributed by atoms with Gasteiger partial charge in [-0.15, -0.1) is 5.70 Å². The second-order valence-corrected chi connectivity index (χ2v) is 20.8. The van der Waals surface area contributed by atoms with Gasteiger partial charge in [0.1, 0.15) is 0 Å². The van der Waals surface area contributed by atoms with Gasteiger partial charge in [-0.25, -0.2) is 0 Å². The molecule has 17 heavy (non-hydrogen) atoms. The van der Waals surface area contributed by atoms with Gasteiger partial charge in [-0.1, -0.05) is 53.3 Å². The van der Waals surface area contributed by atoms with Gasteiger partial charge in [0.15, 0.2) is 0 Å². The van der Waals surface area contributed by atoms with Crippen molar-refractivity contribution in [1.82, 2.24) is 5.32 Å². The molecule has 0 amide bonds. The second kappa shape index (κ2) is 6.34. The Labute approximate surface area is 111 Å². The molecule has 0 fully saturated rings. The molecule has 0 aromatic heterocycles. The maximum atomic E-state index is 3.68. The summed E-state index contributed by atoms with van der Waals surface area (Å²) >= 11 is 0. The van der Waals surface area contributed by atoms with E-state index < -0.39 is 15.9 Å². The summed E-state index contributed by atoms with van der Waals surface area (Å²) in [5.74, 6) is 0. The Morgan fingerprint density at radius 1 is 1.24 bits per heavy atom. The van der Waals surface area contributed by atoms with E-state index in [9.17, 15) is 0 Å². The zero-order valence-electron chi connectivity index (χ0n) is 13.4. The van der Waals surface area contributed by atoms with E-state index in [2.05, 4.69) is 72.6 Å². The summed E-state index contributed by atoms with van der Waals surface area (Å²) in [4.78, 5) is 0. The smallest absolute Gasteiger partial charge is 0.0708 e. The van der Waals surface area contributed by atoms with Gasteiger partial charge in [-0.05, 0) is 25.1 Å². The lowest BCUT2D eigenvalue weighted by molar-refractivity contribution is 0.647. The van der Waals surface area contributed by atoms with Gasteiger partial charge in [0.25, 0.3) is 0 Å². The number of hydrogen-bond acceptors (Lipinski definition) is 1. The van der Waals surface area contributed by atoms with Gasteiger partial charge in [0.2, 0.25) is 0 Å². The monoisotopic (exact) mass is 271 g/mol. The molecule has 0 heterocycles. The molecule has 1 unspecified atom stereocenters. The second-order valence-electron chi connectivity index (χ2n) is 7.39. The first kappa shape index (κ1) is 17.1. The van der Waals surface area contributed by atoms with E-state index in [-0.39, 0.29) is 0 Å². The fraction of sp³-hybridized carbons (Fsp3) is 0.857. The van der Waals surface area contributed by atoms with Crippen LogP contribution in [0.4, 0.5) is 0 Å². The number of allylic oxidation sites excluding steroid dienone is 1. The van der Waals surface area contributed by atoms with Crippen molar-refractivity contribution < 1.29 is 0 Å². The standard InChI is InChI=1S/C14H33NSi2/c1-12(2)10-16(11-15-13(3)4)17(8,9)14(5,6)7/h10,13,15-16H,11H2,1-9H3. The van der Waals surface area contributed by atoms with Crippen LogP contribution in [0, 0.1) is 0 Å². The Morgan fingerprint density at radius 2 is 1.71 bits per heavy atom. The van der Waals surface area contributed by atoms with Crippen molar-refractivity contribution in [2.45, 2.75) is 72.6 Å². The van der Waals surface area contributed by atoms with Crippen LogP contribution in [-0.4, -0.2) is 28.1 Å². The summed E-state index contributed by atoms with van der Waals surface area (Å²) in [5.41, 5.74) is 4.14. The molecule has 3 heteroatoms. The molecule has 1 N–H and O–H groups in total. The van der Waals surface area contributed by atoms with Crippen molar-refractivity contribution in [3.8, 4) is 0 Å². The molecule has 0 aliphatic carbocycles. The topological polar surface area (TPSA) is 12.0 Å². The average molecular weight is 272 g/mol. The predicted molar refractivity (Wildman–Crippen MR) is 86.9 cm³/mol. The van der Waals surface area contributed by atoms with E-state index >= 15 is 0 Å². The fourth-order valence-electron chi connectivity index (χ4n) is 1.84. The van der Waals surface area contributed by atoms with Crippen molar-refractivity contribution >= 4 is 15.9 Å². The van der Waals surface area contributed by atoms with Crippen LogP contribution in [0.2, 0.25) is 18.1 Å². The average Bonchev–Trinajstić information content (AvgIpc) is 2.09. The molecule has 0 saturated carbocycles. The molecule has 0 spiro atoms. The van der Waals surface area contributed by atoms with E-state index in [4.69, 9.17) is 0 Å². The highest BCUT2D eigenvalue weighted by Gasteiger charge is 2.41. The van der Waals surface area contributed by atoms with Gasteiger partial charge in [0.05, 0.1) is 8.31 Å². The minimum Gasteiger partial charge on any atom is -0.317 e. The quantitative estimate of drug-likeness (QED) is 0.749. The van der Waals surface area contributed by atoms with Crippen LogP contribution in [0.5, 0.6) is 0 Å². The summed E-state index contributed by atoms with van der Waals surface area (Å²) < 4.78 is 0. The highest BCUT2D eigenvalue weighted by atomic mass is 29.2. The van der Waals surface area contributed by atoms with E-state index in [1.807, 2.05) is 0 Å². The van der Waals surface area contributed by atoms with E-state index in [1.54, 1.807) is 0 Å². The zero-order chi connectivity index (χ0) is 13.9. The summed E-state index contributed by atoms with van der Waals surface area (Å²) in [6.45, 7) is 21.5. The first-order valence-electron chi connectivity index (χ1n) is 6.87. The zero-order valence-corrected chi connectivity index (χ0v) is 15.6. The van der Waals surface area contributed by atoms with Gasteiger partial charge < -0.3 is 5.32 Å². The van der Waals surface area contributed by atoms with Crippen LogP contribution in [0.3, 0.4) is 0 Å². The Hall–Kier alpha value is 0.134. The molecule has 0 aliphatic rings. The van der Waals surface area contributed by atoms with Crippen molar-refractivity contribution in [2.24, 2.45) is 0 Å². The predicted octanol–water partition coefficient (Wildman–Crippen LogP) is 3.84. The van der Waals surface area contributed by atoms with Crippen molar-refractivity contribution in [1.29, 1.82) is 0 Å². The highest BCUT2D eigenvalue weighted by molar-refractivity contribution is 7.35. The molecule has 0 saturated heterocycles. The summed E-state index contributed by atoms with van der Waals surface area (Å²) in [5, 5.41) is 4.19. The summed E-state index contributed by atoms with van der Waals surface area (Å²) in [6, 6.07) is 0.611. The Balaban J connectivity index is 4.98. The molecular weight excluding hydrogens is 238 g/mol. The van der Waals surface area contributed by atoms with Crippen LogP contribution in [0.15, 0.2) is 11.3 Å². The molecular formula is C14H33NSi2. The molecule has 0 aromatic carbocycles. The van der Waals surface area contributed by atoms with Crippen LogP contribution in [-0.2, 0) is 0 Å². The molecule has 0 aliphatic heterocycles. The molecule has 0 rings (SSSR count). The summed E-state index contributed by atoms with van der Waals surface area (Å²) in [6.07, 6.45) is 1.26. The summed E-state index contributed by atoms with van der Waals surface area (Å²) in [7, 11) is -1.98. The van der Waals surface area contributed by atoms with Crippen LogP contribution in [0.1, 0.15) is 48.5 Å². The Kier molecular flexibility index (Phi) is 6.39. The number of nitrogens with one attached hydrogen (secondary N) is 1. The molecule has 1 atom stereocenters. The maximum Gasteiger partial charge on any atom is 0.0708 e. The largest absolute Gasteiger partial charge is 0.317 e. The SMILES string of the molecule is CC(C)=C[SiH](CNC(C)C)[Si](C)(C)C(C)(C)C. The van der Waals surface area contributed by atoms with Crippen molar-refractivity contribution in [3.63, 3.8) is 0 Å². The van der Waals surface area contributed by atoms with Gasteiger partial charge in [0, 0.05) is 13.6 Å². The third-order valence-corrected chi connectivity index (χ3v) is 20.9. The highest BCUT2D eigenvalue weighted by Crippen LogP contribution is 2.37. The van der Waals surface area contributed by atoms with E-state index in [0.29, 0.717) is 11.1 Å². The number of rotatable bonds is 5. The van der Waals surface area contributed by atoms with Crippen LogP contribution in [0.25, 0.3) is 0 Å². The fourth-order valence-corrected chi connectivity index (χ4v) is 13.0. The maximum absolute atomic E-state index is 3.68. The Bertz CT molecular complexity index is 258. The minimum absolute atomic E-state index is 0.508. The lowest BCUT2D eigenvalue weighted by Crippen LogP contribution is -2.57. The minimum atomic E-state index is -1.16. The normalized spacial score (nSPS) is 14.9. The van der Waals surface area contributed by atoms with Gasteiger partial charge >= 0.3 is 0 Å². The first-order valence-corrected chi connectivity index (χ1v) is 13.2. The third kappa shape index (κ3) is 5.53. The van der Waals surface area contributed by atoms with E-state index in [1.165, 1.54) is 11.7 Å². The van der Waals surface area contributed by atoms with Crippen molar-refractivity contribution in [2.75, 3.05) is 6.17 Å². The Morgan fingerprint density at radius 3 is 2.00 bits per heavy atom. The van der Waals surface area contributed by atoms with Gasteiger partial charge in [-0.2, -0.15) is 0 Å². The molecule has 0 aromatic rings. The lowest BCUT2D eigenvalue weighted by atomic mass is 10.2. The molecule has 102 valence electrons. The van der Waals surface area contributed by atoms with Gasteiger partial charge in [-0.3, -0.25) is 0 Å². The molecule has 0 bridgehead atoms. The van der Waals surface area contributed by atoms with E-state index in [0.717, 1.165) is 0 Å². The van der Waals surface area contributed by atoms with Crippen LogP contribution >= 0.6 is 0 Å². The van der Waals surface area contributed by atoms with Crippen molar-refractivity contribution in [3.05, 3.63) is 11.3 Å². The number of hydrogen-bond donors (Lipinski definition) is 1. The third-order valence-electron chi connectivity index (χ3n) is 4.14. The van der Waals surface area contributed by atoms with Crippen LogP contribution < -0.4 is 5.32 Å². The lowest BCUT2D eigenvalue weighted by Gasteiger charge is -2.42. The molecule has 1 nitrogen and oxygen atoms in total. The first-order chi connectivity index (χ1) is 7.48. The molecule has 0 radical (unpaired) electrons.